The van der Waals surface area contributed by atoms with E-state index in [2.05, 4.69) is 30.6 Å². The second-order valence-corrected chi connectivity index (χ2v) is 4.76. The molecule has 0 aliphatic rings. The summed E-state index contributed by atoms with van der Waals surface area (Å²) < 4.78 is 0. The molecule has 0 saturated carbocycles. The Labute approximate surface area is 112 Å². The Morgan fingerprint density at radius 1 is 1.12 bits per heavy atom. The molecule has 0 fully saturated rings. The lowest BCUT2D eigenvalue weighted by Crippen LogP contribution is -2.40. The van der Waals surface area contributed by atoms with Gasteiger partial charge < -0.3 is 10.2 Å². The van der Waals surface area contributed by atoms with Crippen LogP contribution in [0.4, 0.5) is 0 Å². The molecule has 0 aliphatic carbocycles. The molecular formula is C14H28N2S. The summed E-state index contributed by atoms with van der Waals surface area (Å²) in [6.07, 6.45) is 9.41. The fraction of sp³-hybridized carbons (Fsp3) is 0.786. The highest BCUT2D eigenvalue weighted by Crippen LogP contribution is 2.03. The maximum absolute atomic E-state index is 5.41. The molecule has 0 aromatic rings. The van der Waals surface area contributed by atoms with Crippen molar-refractivity contribution in [1.82, 2.24) is 10.2 Å². The summed E-state index contributed by atoms with van der Waals surface area (Å²) in [5.41, 5.74) is 0. The van der Waals surface area contributed by atoms with Crippen LogP contribution in [-0.4, -0.2) is 29.6 Å². The Balaban J connectivity index is 3.98. The van der Waals surface area contributed by atoms with E-state index in [1.54, 1.807) is 0 Å². The maximum atomic E-state index is 5.41. The smallest absolute Gasteiger partial charge is 0.169 e. The molecule has 1 N–H and O–H groups in total. The van der Waals surface area contributed by atoms with Gasteiger partial charge in [-0.1, -0.05) is 45.6 Å². The fourth-order valence-electron chi connectivity index (χ4n) is 1.69. The van der Waals surface area contributed by atoms with Gasteiger partial charge in [-0.3, -0.25) is 0 Å². The number of thiocarbonyl (C=S) groups is 1. The molecule has 100 valence electrons. The zero-order chi connectivity index (χ0) is 12.9. The SMILES string of the molecule is C=CCNC(=S)N(CCCCC)CCCCC. The van der Waals surface area contributed by atoms with Crippen LogP contribution in [0.1, 0.15) is 52.4 Å². The zero-order valence-corrected chi connectivity index (χ0v) is 12.3. The summed E-state index contributed by atoms with van der Waals surface area (Å²) in [5, 5.41) is 4.11. The largest absolute Gasteiger partial charge is 0.359 e. The van der Waals surface area contributed by atoms with Crippen molar-refractivity contribution in [2.75, 3.05) is 19.6 Å². The van der Waals surface area contributed by atoms with Crippen molar-refractivity contribution in [2.45, 2.75) is 52.4 Å². The van der Waals surface area contributed by atoms with E-state index in [9.17, 15) is 0 Å². The molecule has 0 aliphatic heterocycles. The Hall–Kier alpha value is -0.570. The average Bonchev–Trinajstić information content (AvgIpc) is 2.34. The molecule has 3 heteroatoms. The lowest BCUT2D eigenvalue weighted by Gasteiger charge is -2.25. The molecule has 0 unspecified atom stereocenters. The van der Waals surface area contributed by atoms with Gasteiger partial charge in [0.05, 0.1) is 0 Å². The Bertz CT molecular complexity index is 194. The predicted molar refractivity (Wildman–Crippen MR) is 81.4 cm³/mol. The van der Waals surface area contributed by atoms with Crippen LogP contribution in [0, 0.1) is 0 Å². The van der Waals surface area contributed by atoms with Gasteiger partial charge in [0.1, 0.15) is 0 Å². The Morgan fingerprint density at radius 3 is 2.06 bits per heavy atom. The van der Waals surface area contributed by atoms with Gasteiger partial charge >= 0.3 is 0 Å². The molecule has 2 nitrogen and oxygen atoms in total. The summed E-state index contributed by atoms with van der Waals surface area (Å²) in [7, 11) is 0. The van der Waals surface area contributed by atoms with Gasteiger partial charge in [0, 0.05) is 19.6 Å². The second-order valence-electron chi connectivity index (χ2n) is 4.38. The Kier molecular flexibility index (Phi) is 11.5. The quantitative estimate of drug-likeness (QED) is 0.364. The highest BCUT2D eigenvalue weighted by molar-refractivity contribution is 7.80. The lowest BCUT2D eigenvalue weighted by molar-refractivity contribution is 0.386. The molecule has 0 bridgehead atoms. The standard InChI is InChI=1S/C14H28N2S/c1-4-7-9-12-16(13-10-8-5-2)14(17)15-11-6-3/h6H,3-5,7-13H2,1-2H3,(H,15,17). The van der Waals surface area contributed by atoms with Crippen molar-refractivity contribution in [1.29, 1.82) is 0 Å². The number of nitrogens with one attached hydrogen (secondary N) is 1. The summed E-state index contributed by atoms with van der Waals surface area (Å²) in [4.78, 5) is 2.31. The number of hydrogen-bond acceptors (Lipinski definition) is 1. The number of unbranched alkanes of at least 4 members (excludes halogenated alkanes) is 4. The number of nitrogens with zero attached hydrogens (tertiary/aromatic N) is 1. The van der Waals surface area contributed by atoms with Crippen LogP contribution in [0.25, 0.3) is 0 Å². The van der Waals surface area contributed by atoms with Gasteiger partial charge in [-0.2, -0.15) is 0 Å². The molecule has 0 radical (unpaired) electrons. The normalized spacial score (nSPS) is 10.0. The molecule has 0 rings (SSSR count). The minimum absolute atomic E-state index is 0.761. The molecule has 17 heavy (non-hydrogen) atoms. The first-order valence-corrected chi connectivity index (χ1v) is 7.30. The Morgan fingerprint density at radius 2 is 1.65 bits per heavy atom. The first-order chi connectivity index (χ1) is 8.26. The fourth-order valence-corrected chi connectivity index (χ4v) is 1.96. The van der Waals surface area contributed by atoms with Crippen molar-refractivity contribution >= 4 is 17.3 Å². The summed E-state index contributed by atoms with van der Waals surface area (Å²) >= 11 is 5.41. The van der Waals surface area contributed by atoms with Crippen LogP contribution >= 0.6 is 12.2 Å². The van der Waals surface area contributed by atoms with Crippen LogP contribution < -0.4 is 5.32 Å². The van der Waals surface area contributed by atoms with Crippen molar-refractivity contribution in [3.05, 3.63) is 12.7 Å². The van der Waals surface area contributed by atoms with Crippen molar-refractivity contribution in [2.24, 2.45) is 0 Å². The third kappa shape index (κ3) is 9.16. The molecular weight excluding hydrogens is 228 g/mol. The first-order valence-electron chi connectivity index (χ1n) is 6.89. The molecule has 0 amide bonds. The van der Waals surface area contributed by atoms with Crippen molar-refractivity contribution < 1.29 is 0 Å². The molecule has 0 saturated heterocycles. The van der Waals surface area contributed by atoms with Crippen LogP contribution in [0.3, 0.4) is 0 Å². The van der Waals surface area contributed by atoms with E-state index in [4.69, 9.17) is 12.2 Å². The molecule has 0 aromatic carbocycles. The van der Waals surface area contributed by atoms with Crippen LogP contribution in [0.5, 0.6) is 0 Å². The minimum atomic E-state index is 0.761. The van der Waals surface area contributed by atoms with E-state index in [-0.39, 0.29) is 0 Å². The van der Waals surface area contributed by atoms with Gasteiger partial charge in [-0.15, -0.1) is 6.58 Å². The van der Waals surface area contributed by atoms with E-state index in [0.717, 1.165) is 24.7 Å². The van der Waals surface area contributed by atoms with Crippen molar-refractivity contribution in [3.63, 3.8) is 0 Å². The monoisotopic (exact) mass is 256 g/mol. The minimum Gasteiger partial charge on any atom is -0.359 e. The molecule has 0 aromatic heterocycles. The average molecular weight is 256 g/mol. The molecule has 0 heterocycles. The van der Waals surface area contributed by atoms with Crippen LogP contribution in [-0.2, 0) is 0 Å². The second kappa shape index (κ2) is 11.9. The summed E-state index contributed by atoms with van der Waals surface area (Å²) in [6, 6.07) is 0. The van der Waals surface area contributed by atoms with Crippen LogP contribution in [0.15, 0.2) is 12.7 Å². The van der Waals surface area contributed by atoms with E-state index in [1.165, 1.54) is 38.5 Å². The highest BCUT2D eigenvalue weighted by Gasteiger charge is 2.07. The van der Waals surface area contributed by atoms with Crippen LogP contribution in [0.2, 0.25) is 0 Å². The van der Waals surface area contributed by atoms with Crippen molar-refractivity contribution in [3.8, 4) is 0 Å². The maximum Gasteiger partial charge on any atom is 0.169 e. The first kappa shape index (κ1) is 16.4. The topological polar surface area (TPSA) is 15.3 Å². The molecule has 0 spiro atoms. The van der Waals surface area contributed by atoms with Gasteiger partial charge in [0.15, 0.2) is 5.11 Å². The third-order valence-corrected chi connectivity index (χ3v) is 3.15. The van der Waals surface area contributed by atoms with Gasteiger partial charge in [0.2, 0.25) is 0 Å². The lowest BCUT2D eigenvalue weighted by atomic mass is 10.2. The summed E-state index contributed by atoms with van der Waals surface area (Å²) in [6.45, 7) is 11.1. The number of hydrogen-bond donors (Lipinski definition) is 1. The summed E-state index contributed by atoms with van der Waals surface area (Å²) in [5.74, 6) is 0. The van der Waals surface area contributed by atoms with Gasteiger partial charge in [-0.05, 0) is 25.1 Å². The number of rotatable bonds is 10. The zero-order valence-electron chi connectivity index (χ0n) is 11.5. The predicted octanol–water partition coefficient (Wildman–Crippen LogP) is 3.73. The van der Waals surface area contributed by atoms with E-state index in [0.29, 0.717) is 0 Å². The molecule has 0 atom stereocenters. The highest BCUT2D eigenvalue weighted by atomic mass is 32.1. The third-order valence-electron chi connectivity index (χ3n) is 2.75. The van der Waals surface area contributed by atoms with Gasteiger partial charge in [0.25, 0.3) is 0 Å². The van der Waals surface area contributed by atoms with Gasteiger partial charge in [-0.25, -0.2) is 0 Å². The van der Waals surface area contributed by atoms with E-state index < -0.39 is 0 Å². The van der Waals surface area contributed by atoms with E-state index in [1.807, 2.05) is 6.08 Å². The van der Waals surface area contributed by atoms with E-state index >= 15 is 0 Å².